The summed E-state index contributed by atoms with van der Waals surface area (Å²) < 4.78 is 0. The molecular weight excluding hydrogens is 256 g/mol. The number of hydrogen-bond donors (Lipinski definition) is 1. The lowest BCUT2D eigenvalue weighted by Crippen LogP contribution is -2.56. The number of benzene rings is 1. The van der Waals surface area contributed by atoms with E-state index in [-0.39, 0.29) is 0 Å². The fourth-order valence-electron chi connectivity index (χ4n) is 3.26. The van der Waals surface area contributed by atoms with Crippen molar-refractivity contribution in [3.63, 3.8) is 0 Å². The Kier molecular flexibility index (Phi) is 7.25. The van der Waals surface area contributed by atoms with Crippen molar-refractivity contribution in [2.45, 2.75) is 64.5 Å². The van der Waals surface area contributed by atoms with Crippen molar-refractivity contribution >= 4 is 0 Å². The van der Waals surface area contributed by atoms with Crippen LogP contribution < -0.4 is 5.32 Å². The Morgan fingerprint density at radius 3 is 2.62 bits per heavy atom. The highest BCUT2D eigenvalue weighted by Crippen LogP contribution is 2.13. The smallest absolute Gasteiger partial charge is 0.0236 e. The van der Waals surface area contributed by atoms with E-state index in [1.807, 2.05) is 0 Å². The van der Waals surface area contributed by atoms with Crippen molar-refractivity contribution in [3.8, 4) is 0 Å². The molecule has 21 heavy (non-hydrogen) atoms. The van der Waals surface area contributed by atoms with Gasteiger partial charge in [-0.25, -0.2) is 0 Å². The Balaban J connectivity index is 1.73. The van der Waals surface area contributed by atoms with E-state index in [0.717, 1.165) is 13.0 Å². The van der Waals surface area contributed by atoms with E-state index < -0.39 is 0 Å². The molecule has 1 heterocycles. The van der Waals surface area contributed by atoms with Crippen molar-refractivity contribution < 1.29 is 0 Å². The van der Waals surface area contributed by atoms with Crippen molar-refractivity contribution in [3.05, 3.63) is 35.9 Å². The summed E-state index contributed by atoms with van der Waals surface area (Å²) in [5.74, 6) is 0. The predicted molar refractivity (Wildman–Crippen MR) is 91.7 cm³/mol. The highest BCUT2D eigenvalue weighted by Gasteiger charge is 2.24. The van der Waals surface area contributed by atoms with Crippen molar-refractivity contribution in [1.29, 1.82) is 0 Å². The summed E-state index contributed by atoms with van der Waals surface area (Å²) in [6.45, 7) is 8.25. The zero-order chi connectivity index (χ0) is 14.9. The minimum absolute atomic E-state index is 0.610. The zero-order valence-electron chi connectivity index (χ0n) is 13.9. The van der Waals surface area contributed by atoms with Crippen LogP contribution >= 0.6 is 0 Å². The Bertz CT molecular complexity index is 376. The van der Waals surface area contributed by atoms with Crippen LogP contribution in [-0.4, -0.2) is 36.6 Å². The highest BCUT2D eigenvalue weighted by atomic mass is 15.2. The molecule has 1 fully saturated rings. The molecular formula is C19H32N2. The van der Waals surface area contributed by atoms with Gasteiger partial charge in [0.1, 0.15) is 0 Å². The molecule has 1 aliphatic rings. The number of hydrogen-bond acceptors (Lipinski definition) is 2. The number of nitrogens with zero attached hydrogens (tertiary/aromatic N) is 1. The molecule has 1 aliphatic heterocycles. The molecule has 0 bridgehead atoms. The lowest BCUT2D eigenvalue weighted by molar-refractivity contribution is 0.138. The summed E-state index contributed by atoms with van der Waals surface area (Å²) in [5.41, 5.74) is 1.45. The second-order valence-corrected chi connectivity index (χ2v) is 6.55. The van der Waals surface area contributed by atoms with Crippen molar-refractivity contribution in [2.24, 2.45) is 0 Å². The van der Waals surface area contributed by atoms with Gasteiger partial charge in [0.15, 0.2) is 0 Å². The largest absolute Gasteiger partial charge is 0.311 e. The third-order valence-electron chi connectivity index (χ3n) is 4.65. The van der Waals surface area contributed by atoms with Crippen LogP contribution in [0.5, 0.6) is 0 Å². The molecule has 1 aromatic carbocycles. The molecule has 1 N–H and O–H groups in total. The summed E-state index contributed by atoms with van der Waals surface area (Å²) in [6.07, 6.45) is 8.05. The summed E-state index contributed by atoms with van der Waals surface area (Å²) in [6, 6.07) is 12.2. The maximum atomic E-state index is 3.72. The lowest BCUT2D eigenvalue weighted by Gasteiger charge is -2.39. The van der Waals surface area contributed by atoms with Gasteiger partial charge in [0.05, 0.1) is 0 Å². The van der Waals surface area contributed by atoms with Crippen molar-refractivity contribution in [2.75, 3.05) is 19.6 Å². The van der Waals surface area contributed by atoms with Gasteiger partial charge < -0.3 is 5.32 Å². The molecule has 2 atom stereocenters. The van der Waals surface area contributed by atoms with Gasteiger partial charge in [-0.05, 0) is 31.9 Å². The molecule has 2 nitrogen and oxygen atoms in total. The maximum Gasteiger partial charge on any atom is 0.0236 e. The summed E-state index contributed by atoms with van der Waals surface area (Å²) in [4.78, 5) is 2.69. The van der Waals surface area contributed by atoms with Gasteiger partial charge in [-0.1, -0.05) is 62.9 Å². The first-order valence-electron chi connectivity index (χ1n) is 8.81. The van der Waals surface area contributed by atoms with Gasteiger partial charge >= 0.3 is 0 Å². The number of nitrogens with one attached hydrogen (secondary N) is 1. The van der Waals surface area contributed by atoms with Gasteiger partial charge in [0.2, 0.25) is 0 Å². The topological polar surface area (TPSA) is 15.3 Å². The predicted octanol–water partition coefficient (Wildman–Crippen LogP) is 3.86. The van der Waals surface area contributed by atoms with Gasteiger partial charge in [0.25, 0.3) is 0 Å². The standard InChI is InChI=1S/C19H32N2/c1-3-4-5-6-10-13-21-16-19(20-15-17(21)2)14-18-11-8-7-9-12-18/h7-9,11-12,17,19-20H,3-6,10,13-16H2,1-2H3. The van der Waals surface area contributed by atoms with Crippen LogP contribution in [-0.2, 0) is 6.42 Å². The molecule has 1 aromatic rings. The fourth-order valence-corrected chi connectivity index (χ4v) is 3.26. The van der Waals surface area contributed by atoms with E-state index in [9.17, 15) is 0 Å². The van der Waals surface area contributed by atoms with E-state index in [0.29, 0.717) is 12.1 Å². The first-order valence-corrected chi connectivity index (χ1v) is 8.81. The van der Waals surface area contributed by atoms with Gasteiger partial charge in [-0.3, -0.25) is 4.90 Å². The van der Waals surface area contributed by atoms with Crippen LogP contribution in [0.4, 0.5) is 0 Å². The maximum absolute atomic E-state index is 3.72. The molecule has 1 saturated heterocycles. The molecule has 0 aliphatic carbocycles. The minimum Gasteiger partial charge on any atom is -0.311 e. The van der Waals surface area contributed by atoms with Gasteiger partial charge in [-0.2, -0.15) is 0 Å². The van der Waals surface area contributed by atoms with Gasteiger partial charge in [0, 0.05) is 25.2 Å². The molecule has 0 saturated carbocycles. The van der Waals surface area contributed by atoms with E-state index in [4.69, 9.17) is 0 Å². The van der Waals surface area contributed by atoms with Crippen LogP contribution in [0.2, 0.25) is 0 Å². The average molecular weight is 288 g/mol. The van der Waals surface area contributed by atoms with E-state index in [1.165, 1.54) is 50.8 Å². The monoisotopic (exact) mass is 288 g/mol. The molecule has 118 valence electrons. The second kappa shape index (κ2) is 9.22. The van der Waals surface area contributed by atoms with Crippen LogP contribution in [0, 0.1) is 0 Å². The van der Waals surface area contributed by atoms with Crippen LogP contribution in [0.15, 0.2) is 30.3 Å². The lowest BCUT2D eigenvalue weighted by atomic mass is 10.0. The third-order valence-corrected chi connectivity index (χ3v) is 4.65. The summed E-state index contributed by atoms with van der Waals surface area (Å²) in [5, 5.41) is 3.72. The van der Waals surface area contributed by atoms with E-state index in [2.05, 4.69) is 54.4 Å². The average Bonchev–Trinajstić information content (AvgIpc) is 2.51. The quantitative estimate of drug-likeness (QED) is 0.731. The summed E-state index contributed by atoms with van der Waals surface area (Å²) >= 11 is 0. The second-order valence-electron chi connectivity index (χ2n) is 6.55. The van der Waals surface area contributed by atoms with Crippen LogP contribution in [0.3, 0.4) is 0 Å². The Morgan fingerprint density at radius 2 is 1.86 bits per heavy atom. The summed E-state index contributed by atoms with van der Waals surface area (Å²) in [7, 11) is 0. The Hall–Kier alpha value is -0.860. The van der Waals surface area contributed by atoms with Gasteiger partial charge in [-0.15, -0.1) is 0 Å². The number of unbranched alkanes of at least 4 members (excludes halogenated alkanes) is 4. The molecule has 0 amide bonds. The Morgan fingerprint density at radius 1 is 1.10 bits per heavy atom. The molecule has 2 heteroatoms. The molecule has 0 radical (unpaired) electrons. The molecule has 0 aromatic heterocycles. The highest BCUT2D eigenvalue weighted by molar-refractivity contribution is 5.16. The Labute approximate surface area is 130 Å². The molecule has 0 spiro atoms. The minimum atomic E-state index is 0.610. The van der Waals surface area contributed by atoms with E-state index >= 15 is 0 Å². The van der Waals surface area contributed by atoms with Crippen molar-refractivity contribution in [1.82, 2.24) is 10.2 Å². The molecule has 2 unspecified atom stereocenters. The third kappa shape index (κ3) is 5.80. The number of rotatable bonds is 8. The number of piperazine rings is 1. The fraction of sp³-hybridized carbons (Fsp3) is 0.684. The first kappa shape index (κ1) is 16.5. The van der Waals surface area contributed by atoms with E-state index in [1.54, 1.807) is 0 Å². The van der Waals surface area contributed by atoms with Crippen LogP contribution in [0.25, 0.3) is 0 Å². The normalized spacial score (nSPS) is 23.3. The zero-order valence-corrected chi connectivity index (χ0v) is 13.9. The van der Waals surface area contributed by atoms with Crippen LogP contribution in [0.1, 0.15) is 51.5 Å². The molecule has 2 rings (SSSR count). The SMILES string of the molecule is CCCCCCCN1CC(Cc2ccccc2)NCC1C. The first-order chi connectivity index (χ1) is 10.3.